The Morgan fingerprint density at radius 3 is 2.82 bits per heavy atom. The van der Waals surface area contributed by atoms with Crippen LogP contribution in [0.25, 0.3) is 17.0 Å². The summed E-state index contributed by atoms with van der Waals surface area (Å²) in [6.45, 7) is 0.276. The monoisotopic (exact) mass is 377 g/mol. The lowest BCUT2D eigenvalue weighted by Crippen LogP contribution is -2.14. The van der Waals surface area contributed by atoms with Gasteiger partial charge in [-0.05, 0) is 37.0 Å². The Kier molecular flexibility index (Phi) is 3.92. The fourth-order valence-electron chi connectivity index (χ4n) is 3.36. The quantitative estimate of drug-likeness (QED) is 0.570. The van der Waals surface area contributed by atoms with Crippen LogP contribution in [0.1, 0.15) is 36.6 Å². The van der Waals surface area contributed by atoms with Gasteiger partial charge in [0.15, 0.2) is 17.3 Å². The number of benzene rings is 1. The lowest BCUT2D eigenvalue weighted by atomic mass is 9.80. The van der Waals surface area contributed by atoms with Gasteiger partial charge < -0.3 is 9.84 Å². The molecule has 142 valence electrons. The molecule has 3 heterocycles. The van der Waals surface area contributed by atoms with E-state index in [1.807, 2.05) is 19.2 Å². The number of fused-ring (bicyclic) bond motifs is 1. The molecule has 0 amide bonds. The summed E-state index contributed by atoms with van der Waals surface area (Å²) >= 11 is 0. The highest BCUT2D eigenvalue weighted by Gasteiger charge is 2.26. The van der Waals surface area contributed by atoms with Gasteiger partial charge in [-0.2, -0.15) is 9.61 Å². The zero-order valence-corrected chi connectivity index (χ0v) is 15.4. The molecule has 9 nitrogen and oxygen atoms in total. The molecule has 1 fully saturated rings. The lowest BCUT2D eigenvalue weighted by Gasteiger charge is -2.26. The summed E-state index contributed by atoms with van der Waals surface area (Å²) in [5.74, 6) is 2.42. The third kappa shape index (κ3) is 2.84. The van der Waals surface area contributed by atoms with Crippen LogP contribution in [0, 0.1) is 0 Å². The number of aryl methyl sites for hydroxylation is 1. The van der Waals surface area contributed by atoms with Gasteiger partial charge in [-0.25, -0.2) is 4.98 Å². The molecule has 0 spiro atoms. The van der Waals surface area contributed by atoms with Crippen LogP contribution in [0.3, 0.4) is 0 Å². The van der Waals surface area contributed by atoms with E-state index >= 15 is 0 Å². The van der Waals surface area contributed by atoms with Gasteiger partial charge in [0, 0.05) is 18.2 Å². The highest BCUT2D eigenvalue weighted by Crippen LogP contribution is 2.40. The maximum Gasteiger partial charge on any atom is 0.235 e. The minimum atomic E-state index is 0.166. The Morgan fingerprint density at radius 2 is 2.11 bits per heavy atom. The molecule has 0 radical (unpaired) electrons. The predicted octanol–water partition coefficient (Wildman–Crippen LogP) is 2.47. The van der Waals surface area contributed by atoms with Crippen molar-refractivity contribution < 1.29 is 9.84 Å². The standard InChI is InChI=1S/C19H19N7O2/c1-25-17(20-11-21-25)10-28-19-15(12-4-2-5-12)9-16-22-23-18(26(16)24-19)13-6-3-7-14(27)8-13/h3,6-9,11-12,27H,2,4-5,10H2,1H3. The summed E-state index contributed by atoms with van der Waals surface area (Å²) in [7, 11) is 1.83. The van der Waals surface area contributed by atoms with Crippen LogP contribution in [-0.2, 0) is 13.7 Å². The molecule has 0 aliphatic heterocycles. The Labute approximate surface area is 160 Å². The molecule has 0 unspecified atom stereocenters. The summed E-state index contributed by atoms with van der Waals surface area (Å²) in [5, 5.41) is 27.1. The van der Waals surface area contributed by atoms with Crippen LogP contribution in [0.5, 0.6) is 11.6 Å². The summed E-state index contributed by atoms with van der Waals surface area (Å²) in [6, 6.07) is 8.88. The van der Waals surface area contributed by atoms with E-state index in [0.29, 0.717) is 23.3 Å². The maximum absolute atomic E-state index is 9.79. The van der Waals surface area contributed by atoms with Gasteiger partial charge in [0.2, 0.25) is 5.88 Å². The number of hydrogen-bond acceptors (Lipinski definition) is 7. The number of aromatic nitrogens is 7. The number of nitrogens with zero attached hydrogens (tertiary/aromatic N) is 7. The molecule has 0 atom stereocenters. The topological polar surface area (TPSA) is 103 Å². The first-order valence-corrected chi connectivity index (χ1v) is 9.20. The highest BCUT2D eigenvalue weighted by atomic mass is 16.5. The van der Waals surface area contributed by atoms with Gasteiger partial charge >= 0.3 is 0 Å². The van der Waals surface area contributed by atoms with Crippen molar-refractivity contribution in [2.24, 2.45) is 7.05 Å². The van der Waals surface area contributed by atoms with Gasteiger partial charge in [0.05, 0.1) is 0 Å². The summed E-state index contributed by atoms with van der Waals surface area (Å²) in [6.07, 6.45) is 4.94. The van der Waals surface area contributed by atoms with E-state index in [1.165, 1.54) is 12.7 Å². The second kappa shape index (κ2) is 6.59. The van der Waals surface area contributed by atoms with Crippen LogP contribution < -0.4 is 4.74 Å². The van der Waals surface area contributed by atoms with Crippen molar-refractivity contribution in [1.82, 2.24) is 34.6 Å². The molecule has 4 aromatic rings. The maximum atomic E-state index is 9.79. The van der Waals surface area contributed by atoms with E-state index in [2.05, 4.69) is 20.3 Å². The molecule has 1 N–H and O–H groups in total. The first-order chi connectivity index (χ1) is 13.7. The molecule has 1 aliphatic carbocycles. The van der Waals surface area contributed by atoms with Crippen molar-refractivity contribution in [3.05, 3.63) is 48.0 Å². The molecule has 9 heteroatoms. The van der Waals surface area contributed by atoms with E-state index < -0.39 is 0 Å². The fourth-order valence-corrected chi connectivity index (χ4v) is 3.36. The van der Waals surface area contributed by atoms with E-state index in [-0.39, 0.29) is 12.4 Å². The highest BCUT2D eigenvalue weighted by molar-refractivity contribution is 5.61. The smallest absolute Gasteiger partial charge is 0.235 e. The van der Waals surface area contributed by atoms with E-state index in [1.54, 1.807) is 27.4 Å². The van der Waals surface area contributed by atoms with Crippen molar-refractivity contribution in [2.45, 2.75) is 31.8 Å². The van der Waals surface area contributed by atoms with Gasteiger partial charge in [0.1, 0.15) is 18.7 Å². The zero-order valence-electron chi connectivity index (χ0n) is 15.4. The molecule has 3 aromatic heterocycles. The van der Waals surface area contributed by atoms with Crippen molar-refractivity contribution in [1.29, 1.82) is 0 Å². The molecule has 28 heavy (non-hydrogen) atoms. The minimum Gasteiger partial charge on any atom is -0.508 e. The van der Waals surface area contributed by atoms with Crippen LogP contribution in [0.4, 0.5) is 0 Å². The molecule has 1 aliphatic rings. The minimum absolute atomic E-state index is 0.166. The van der Waals surface area contributed by atoms with Crippen molar-refractivity contribution in [2.75, 3.05) is 0 Å². The number of phenolic OH excluding ortho intramolecular Hbond substituents is 1. The van der Waals surface area contributed by atoms with Gasteiger partial charge in [0.25, 0.3) is 0 Å². The molecular weight excluding hydrogens is 358 g/mol. The largest absolute Gasteiger partial charge is 0.508 e. The van der Waals surface area contributed by atoms with Gasteiger partial charge in [-0.3, -0.25) is 4.68 Å². The first kappa shape index (κ1) is 16.7. The van der Waals surface area contributed by atoms with E-state index in [4.69, 9.17) is 9.84 Å². The SMILES string of the molecule is Cn1ncnc1COc1nn2c(-c3cccc(O)c3)nnc2cc1C1CCC1. The average Bonchev–Trinajstić information content (AvgIpc) is 3.24. The van der Waals surface area contributed by atoms with Gasteiger partial charge in [-0.15, -0.1) is 15.3 Å². The van der Waals surface area contributed by atoms with Gasteiger partial charge in [-0.1, -0.05) is 18.6 Å². The normalized spacial score (nSPS) is 14.3. The molecular formula is C19H19N7O2. The van der Waals surface area contributed by atoms with E-state index in [0.717, 1.165) is 29.8 Å². The zero-order chi connectivity index (χ0) is 19.1. The second-order valence-electron chi connectivity index (χ2n) is 6.97. The van der Waals surface area contributed by atoms with E-state index in [9.17, 15) is 5.11 Å². The summed E-state index contributed by atoms with van der Waals surface area (Å²) < 4.78 is 9.39. The van der Waals surface area contributed by atoms with Crippen LogP contribution in [-0.4, -0.2) is 39.7 Å². The van der Waals surface area contributed by atoms with Crippen molar-refractivity contribution in [3.8, 4) is 23.0 Å². The Balaban J connectivity index is 1.57. The summed E-state index contributed by atoms with van der Waals surface area (Å²) in [5.41, 5.74) is 2.44. The van der Waals surface area contributed by atoms with Crippen LogP contribution in [0.15, 0.2) is 36.7 Å². The van der Waals surface area contributed by atoms with Crippen LogP contribution in [0.2, 0.25) is 0 Å². The molecule has 1 saturated carbocycles. The lowest BCUT2D eigenvalue weighted by molar-refractivity contribution is 0.264. The third-order valence-electron chi connectivity index (χ3n) is 5.18. The third-order valence-corrected chi connectivity index (χ3v) is 5.18. The molecule has 0 saturated heterocycles. The molecule has 5 rings (SSSR count). The van der Waals surface area contributed by atoms with Crippen molar-refractivity contribution >= 4 is 5.65 Å². The second-order valence-corrected chi connectivity index (χ2v) is 6.97. The Hall–Kier alpha value is -3.49. The Morgan fingerprint density at radius 1 is 1.21 bits per heavy atom. The predicted molar refractivity (Wildman–Crippen MR) is 99.8 cm³/mol. The number of ether oxygens (including phenoxy) is 1. The number of rotatable bonds is 5. The average molecular weight is 377 g/mol. The molecule has 1 aromatic carbocycles. The molecule has 0 bridgehead atoms. The fraction of sp³-hybridized carbons (Fsp3) is 0.316. The number of aromatic hydroxyl groups is 1. The number of phenols is 1. The Bertz CT molecular complexity index is 1150. The summed E-state index contributed by atoms with van der Waals surface area (Å²) in [4.78, 5) is 4.21. The first-order valence-electron chi connectivity index (χ1n) is 9.20. The van der Waals surface area contributed by atoms with Crippen molar-refractivity contribution in [3.63, 3.8) is 0 Å². The van der Waals surface area contributed by atoms with Crippen LogP contribution >= 0.6 is 0 Å². The number of hydrogen-bond donors (Lipinski definition) is 1.